The summed E-state index contributed by atoms with van der Waals surface area (Å²) in [4.78, 5) is 44.5. The number of amides is 3. The van der Waals surface area contributed by atoms with E-state index in [9.17, 15) is 24.3 Å². The van der Waals surface area contributed by atoms with Crippen molar-refractivity contribution >= 4 is 29.8 Å². The van der Waals surface area contributed by atoms with E-state index in [2.05, 4.69) is 10.6 Å². The molecule has 1 aliphatic carbocycles. The van der Waals surface area contributed by atoms with Crippen molar-refractivity contribution in [2.75, 3.05) is 18.9 Å². The Hall–Kier alpha value is -5.06. The molecule has 0 spiro atoms. The molecule has 3 amide bonds. The van der Waals surface area contributed by atoms with Crippen molar-refractivity contribution in [2.45, 2.75) is 24.8 Å². The molecule has 0 aromatic heterocycles. The summed E-state index contributed by atoms with van der Waals surface area (Å²) in [6.45, 7) is 0.334. The van der Waals surface area contributed by atoms with E-state index in [1.54, 1.807) is 12.1 Å². The van der Waals surface area contributed by atoms with Crippen LogP contribution in [0.4, 0.5) is 15.3 Å². The molecule has 0 saturated heterocycles. The number of nitrogens with one attached hydrogen (secondary N) is 2. The fourth-order valence-electron chi connectivity index (χ4n) is 4.18. The van der Waals surface area contributed by atoms with Gasteiger partial charge >= 0.3 is 24.1 Å². The van der Waals surface area contributed by atoms with E-state index in [4.69, 9.17) is 21.3 Å². The molecule has 0 heterocycles. The summed E-state index contributed by atoms with van der Waals surface area (Å²) in [6.07, 6.45) is -0.300. The molecule has 204 valence electrons. The third-order valence-electron chi connectivity index (χ3n) is 6.06. The predicted molar refractivity (Wildman–Crippen MR) is 144 cm³/mol. The maximum absolute atomic E-state index is 12.2. The van der Waals surface area contributed by atoms with Crippen LogP contribution in [0.25, 0.3) is 11.1 Å². The van der Waals surface area contributed by atoms with Gasteiger partial charge in [-0.3, -0.25) is 0 Å². The van der Waals surface area contributed by atoms with Crippen LogP contribution in [-0.2, 0) is 9.53 Å². The molecule has 0 saturated carbocycles. The van der Waals surface area contributed by atoms with Gasteiger partial charge in [-0.05, 0) is 59.4 Å². The maximum Gasteiger partial charge on any atom is 0.407 e. The minimum absolute atomic E-state index is 0.101. The number of hydrogen-bond donors (Lipinski definition) is 6. The van der Waals surface area contributed by atoms with Crippen molar-refractivity contribution in [2.24, 2.45) is 5.73 Å². The first-order valence-electron chi connectivity index (χ1n) is 12.1. The first kappa shape index (κ1) is 28.5. The Morgan fingerprint density at radius 2 is 1.44 bits per heavy atom. The van der Waals surface area contributed by atoms with Gasteiger partial charge in [-0.15, -0.1) is 0 Å². The summed E-state index contributed by atoms with van der Waals surface area (Å²) >= 11 is 0. The van der Waals surface area contributed by atoms with Crippen LogP contribution in [0.5, 0.6) is 0 Å². The van der Waals surface area contributed by atoms with Gasteiger partial charge in [0.1, 0.15) is 12.6 Å². The van der Waals surface area contributed by atoms with Crippen molar-refractivity contribution < 1.29 is 34.1 Å². The van der Waals surface area contributed by atoms with Crippen LogP contribution in [-0.4, -0.2) is 53.5 Å². The summed E-state index contributed by atoms with van der Waals surface area (Å²) in [7, 11) is 0. The van der Waals surface area contributed by atoms with Crippen LogP contribution in [0, 0.1) is 0 Å². The maximum atomic E-state index is 12.2. The first-order chi connectivity index (χ1) is 18.7. The molecule has 11 heteroatoms. The molecule has 0 bridgehead atoms. The number of anilines is 1. The number of aliphatic carboxylic acids is 1. The average Bonchev–Trinajstić information content (AvgIpc) is 3.23. The lowest BCUT2D eigenvalue weighted by Crippen LogP contribution is -2.42. The van der Waals surface area contributed by atoms with Crippen molar-refractivity contribution in [3.05, 3.63) is 89.5 Å². The molecule has 3 aromatic rings. The highest BCUT2D eigenvalue weighted by Crippen LogP contribution is 2.44. The highest BCUT2D eigenvalue weighted by atomic mass is 16.5. The molecule has 0 radical (unpaired) electrons. The Bertz CT molecular complexity index is 1280. The zero-order valence-electron chi connectivity index (χ0n) is 21.0. The molecule has 8 N–H and O–H groups in total. The molecular formula is C28H30N4O7. The summed E-state index contributed by atoms with van der Waals surface area (Å²) in [5.74, 6) is -2.20. The largest absolute Gasteiger partial charge is 0.480 e. The van der Waals surface area contributed by atoms with Gasteiger partial charge in [-0.25, -0.2) is 19.2 Å². The normalized spacial score (nSPS) is 12.1. The van der Waals surface area contributed by atoms with E-state index in [0.717, 1.165) is 22.3 Å². The number of carboxylic acid groups (broad SMARTS) is 2. The number of ether oxygens (including phenoxy) is 1. The summed E-state index contributed by atoms with van der Waals surface area (Å²) in [5, 5.41) is 22.5. The number of benzene rings is 3. The van der Waals surface area contributed by atoms with Gasteiger partial charge in [0.25, 0.3) is 0 Å². The van der Waals surface area contributed by atoms with E-state index in [1.165, 1.54) is 12.1 Å². The minimum Gasteiger partial charge on any atom is -0.480 e. The molecule has 1 aliphatic rings. The Morgan fingerprint density at radius 3 is 1.95 bits per heavy atom. The van der Waals surface area contributed by atoms with Crippen LogP contribution < -0.4 is 22.1 Å². The van der Waals surface area contributed by atoms with Gasteiger partial charge in [-0.1, -0.05) is 48.5 Å². The van der Waals surface area contributed by atoms with E-state index in [1.807, 2.05) is 48.5 Å². The minimum atomic E-state index is -1.17. The van der Waals surface area contributed by atoms with Crippen molar-refractivity contribution in [3.63, 3.8) is 0 Å². The van der Waals surface area contributed by atoms with E-state index >= 15 is 0 Å². The number of fused-ring (bicyclic) bond motifs is 3. The summed E-state index contributed by atoms with van der Waals surface area (Å²) in [6, 6.07) is 20.2. The monoisotopic (exact) mass is 534 g/mol. The fraction of sp³-hybridized carbons (Fsp3) is 0.214. The number of alkyl carbamates (subject to hydrolysis) is 1. The fourth-order valence-corrected chi connectivity index (χ4v) is 4.18. The number of nitrogens with two attached hydrogens (primary N) is 2. The molecule has 1 atom stereocenters. The number of rotatable bonds is 9. The highest BCUT2D eigenvalue weighted by molar-refractivity contribution is 5.88. The number of aromatic carboxylic acids is 1. The van der Waals surface area contributed by atoms with E-state index in [-0.39, 0.29) is 31.1 Å². The number of nitrogen functional groups attached to an aromatic ring is 1. The third-order valence-corrected chi connectivity index (χ3v) is 6.06. The molecule has 11 nitrogen and oxygen atoms in total. The van der Waals surface area contributed by atoms with Crippen LogP contribution in [0.1, 0.15) is 40.2 Å². The number of carbonyl (C=O) groups is 4. The average molecular weight is 535 g/mol. The van der Waals surface area contributed by atoms with Crippen LogP contribution in [0.15, 0.2) is 72.8 Å². The SMILES string of the molecule is NC(=O)NCCC[C@H](NC(=O)OCC1c2ccccc2-c2ccccc21)C(=O)O.Nc1ccc(C(=O)O)cc1. The second kappa shape index (κ2) is 13.5. The van der Waals surface area contributed by atoms with Gasteiger partial charge in [0.05, 0.1) is 5.56 Å². The van der Waals surface area contributed by atoms with Crippen molar-refractivity contribution in [1.82, 2.24) is 10.6 Å². The molecule has 39 heavy (non-hydrogen) atoms. The zero-order chi connectivity index (χ0) is 28.4. The lowest BCUT2D eigenvalue weighted by molar-refractivity contribution is -0.139. The molecule has 4 rings (SSSR count). The number of carbonyl (C=O) groups excluding carboxylic acids is 2. The molecule has 0 unspecified atom stereocenters. The van der Waals surface area contributed by atoms with E-state index < -0.39 is 30.1 Å². The van der Waals surface area contributed by atoms with Gasteiger partial charge in [0.2, 0.25) is 0 Å². The number of urea groups is 1. The second-order valence-electron chi connectivity index (χ2n) is 8.72. The standard InChI is InChI=1S/C21H23N3O5.C7H7NO2/c22-20(27)23-11-5-10-18(19(25)26)24-21(28)29-12-17-15-8-3-1-6-13(15)14-7-2-4-9-16(14)17;8-6-3-1-5(2-4-6)7(9)10/h1-4,6-9,17-18H,5,10-12H2,(H,24,28)(H,25,26)(H3,22,23,27);1-4H,8H2,(H,9,10)/t18-;/m0./s1. The Labute approximate surface area is 224 Å². The molecular weight excluding hydrogens is 504 g/mol. The van der Waals surface area contributed by atoms with Gasteiger partial charge in [0, 0.05) is 18.2 Å². The quantitative estimate of drug-likeness (QED) is 0.177. The van der Waals surface area contributed by atoms with E-state index in [0.29, 0.717) is 12.1 Å². The Morgan fingerprint density at radius 1 is 0.872 bits per heavy atom. The number of hydrogen-bond acceptors (Lipinski definition) is 6. The van der Waals surface area contributed by atoms with Gasteiger partial charge < -0.3 is 37.1 Å². The van der Waals surface area contributed by atoms with Crippen LogP contribution in [0.3, 0.4) is 0 Å². The number of carboxylic acids is 2. The lowest BCUT2D eigenvalue weighted by atomic mass is 9.98. The zero-order valence-corrected chi connectivity index (χ0v) is 21.0. The first-order valence-corrected chi connectivity index (χ1v) is 12.1. The van der Waals surface area contributed by atoms with Crippen LogP contribution in [0.2, 0.25) is 0 Å². The van der Waals surface area contributed by atoms with Gasteiger partial charge in [0.15, 0.2) is 0 Å². The summed E-state index contributed by atoms with van der Waals surface area (Å²) in [5.41, 5.74) is 15.5. The van der Waals surface area contributed by atoms with Crippen LogP contribution >= 0.6 is 0 Å². The topological polar surface area (TPSA) is 194 Å². The number of primary amides is 1. The van der Waals surface area contributed by atoms with Crippen molar-refractivity contribution in [1.29, 1.82) is 0 Å². The molecule has 0 aliphatic heterocycles. The Kier molecular flexibility index (Phi) is 9.85. The lowest BCUT2D eigenvalue weighted by Gasteiger charge is -2.17. The predicted octanol–water partition coefficient (Wildman–Crippen LogP) is 3.39. The second-order valence-corrected chi connectivity index (χ2v) is 8.72. The Balaban J connectivity index is 0.000000353. The highest BCUT2D eigenvalue weighted by Gasteiger charge is 2.29. The summed E-state index contributed by atoms with van der Waals surface area (Å²) < 4.78 is 5.36. The van der Waals surface area contributed by atoms with Gasteiger partial charge in [-0.2, -0.15) is 0 Å². The smallest absolute Gasteiger partial charge is 0.407 e. The van der Waals surface area contributed by atoms with Crippen molar-refractivity contribution in [3.8, 4) is 11.1 Å². The molecule has 3 aromatic carbocycles. The third kappa shape index (κ3) is 7.96. The molecule has 0 fully saturated rings.